The highest BCUT2D eigenvalue weighted by Gasteiger charge is 2.13. The summed E-state index contributed by atoms with van der Waals surface area (Å²) in [6.07, 6.45) is 2.72. The lowest BCUT2D eigenvalue weighted by atomic mass is 10.1. The molecular formula is C10H20N4S. The Hall–Kier alpha value is -0.550. The summed E-state index contributed by atoms with van der Waals surface area (Å²) in [7, 11) is 0. The van der Waals surface area contributed by atoms with Crippen molar-refractivity contribution >= 4 is 11.8 Å². The molecule has 5 heteroatoms. The number of nitrogens with zero attached hydrogens (tertiary/aromatic N) is 2. The van der Waals surface area contributed by atoms with Crippen LogP contribution in [0.5, 0.6) is 0 Å². The van der Waals surface area contributed by atoms with Gasteiger partial charge in [0, 0.05) is 11.8 Å². The number of aromatic amines is 1. The lowest BCUT2D eigenvalue weighted by Crippen LogP contribution is -2.36. The first-order valence-corrected chi connectivity index (χ1v) is 6.44. The smallest absolute Gasteiger partial charge is 0.183 e. The van der Waals surface area contributed by atoms with Crippen molar-refractivity contribution in [2.24, 2.45) is 5.92 Å². The maximum absolute atomic E-state index is 4.10. The van der Waals surface area contributed by atoms with E-state index in [0.29, 0.717) is 12.0 Å². The van der Waals surface area contributed by atoms with E-state index in [1.807, 2.05) is 0 Å². The number of hydrogen-bond donors (Lipinski definition) is 2. The zero-order valence-corrected chi connectivity index (χ0v) is 10.5. The molecule has 0 aromatic carbocycles. The maximum atomic E-state index is 4.10. The molecule has 1 aromatic rings. The minimum absolute atomic E-state index is 0.542. The molecule has 0 aliphatic carbocycles. The van der Waals surface area contributed by atoms with Crippen LogP contribution >= 0.6 is 11.8 Å². The molecule has 0 saturated carbocycles. The summed E-state index contributed by atoms with van der Waals surface area (Å²) in [4.78, 5) is 4.10. The van der Waals surface area contributed by atoms with Gasteiger partial charge in [-0.2, -0.15) is 5.10 Å². The summed E-state index contributed by atoms with van der Waals surface area (Å²) >= 11 is 1.72. The topological polar surface area (TPSA) is 53.6 Å². The third kappa shape index (κ3) is 4.66. The Balaban J connectivity index is 2.31. The van der Waals surface area contributed by atoms with Crippen LogP contribution in [0.4, 0.5) is 0 Å². The molecule has 1 unspecified atom stereocenters. The molecule has 86 valence electrons. The molecule has 1 heterocycles. The minimum atomic E-state index is 0.542. The van der Waals surface area contributed by atoms with E-state index >= 15 is 0 Å². The first-order valence-electron chi connectivity index (χ1n) is 5.45. The Morgan fingerprint density at radius 1 is 1.53 bits per heavy atom. The van der Waals surface area contributed by atoms with Crippen molar-refractivity contribution in [3.63, 3.8) is 0 Å². The van der Waals surface area contributed by atoms with E-state index in [9.17, 15) is 0 Å². The molecule has 0 spiro atoms. The van der Waals surface area contributed by atoms with Gasteiger partial charge in [0.05, 0.1) is 0 Å². The number of aromatic nitrogens is 3. The Kier molecular flexibility index (Phi) is 5.71. The molecule has 0 amide bonds. The lowest BCUT2D eigenvalue weighted by Gasteiger charge is -2.21. The average Bonchev–Trinajstić information content (AvgIpc) is 2.70. The van der Waals surface area contributed by atoms with Crippen LogP contribution in [-0.2, 0) is 0 Å². The van der Waals surface area contributed by atoms with Crippen molar-refractivity contribution in [1.82, 2.24) is 20.5 Å². The summed E-state index contributed by atoms with van der Waals surface area (Å²) in [5.74, 6) is 1.68. The fourth-order valence-electron chi connectivity index (χ4n) is 1.25. The molecule has 0 aliphatic heterocycles. The predicted molar refractivity (Wildman–Crippen MR) is 64.0 cm³/mol. The van der Waals surface area contributed by atoms with E-state index in [0.717, 1.165) is 17.5 Å². The van der Waals surface area contributed by atoms with Crippen LogP contribution in [0.2, 0.25) is 0 Å². The molecule has 1 aromatic heterocycles. The van der Waals surface area contributed by atoms with Gasteiger partial charge in [-0.05, 0) is 18.9 Å². The van der Waals surface area contributed by atoms with Gasteiger partial charge < -0.3 is 5.32 Å². The van der Waals surface area contributed by atoms with E-state index in [1.165, 1.54) is 6.42 Å². The zero-order chi connectivity index (χ0) is 11.1. The van der Waals surface area contributed by atoms with E-state index < -0.39 is 0 Å². The van der Waals surface area contributed by atoms with E-state index in [2.05, 4.69) is 41.3 Å². The monoisotopic (exact) mass is 228 g/mol. The van der Waals surface area contributed by atoms with Gasteiger partial charge in [-0.25, -0.2) is 4.98 Å². The molecule has 4 nitrogen and oxygen atoms in total. The Bertz CT molecular complexity index is 248. The fourth-order valence-corrected chi connectivity index (χ4v) is 2.33. The third-order valence-electron chi connectivity index (χ3n) is 2.25. The van der Waals surface area contributed by atoms with Gasteiger partial charge in [-0.1, -0.05) is 32.5 Å². The fraction of sp³-hybridized carbons (Fsp3) is 0.800. The third-order valence-corrected chi connectivity index (χ3v) is 3.25. The van der Waals surface area contributed by atoms with Crippen LogP contribution in [0.25, 0.3) is 0 Å². The summed E-state index contributed by atoms with van der Waals surface area (Å²) in [5, 5.41) is 11.1. The molecule has 0 fully saturated rings. The van der Waals surface area contributed by atoms with Gasteiger partial charge in [0.1, 0.15) is 6.33 Å². The molecule has 1 rings (SSSR count). The molecule has 0 saturated heterocycles. The van der Waals surface area contributed by atoms with Crippen molar-refractivity contribution in [3.8, 4) is 0 Å². The second-order valence-corrected chi connectivity index (χ2v) is 4.91. The van der Waals surface area contributed by atoms with Crippen LogP contribution in [-0.4, -0.2) is 33.5 Å². The summed E-state index contributed by atoms with van der Waals surface area (Å²) in [5.41, 5.74) is 0. The van der Waals surface area contributed by atoms with Gasteiger partial charge in [-0.3, -0.25) is 5.10 Å². The molecular weight excluding hydrogens is 208 g/mol. The average molecular weight is 228 g/mol. The summed E-state index contributed by atoms with van der Waals surface area (Å²) in [6, 6.07) is 0.542. The first kappa shape index (κ1) is 12.5. The highest BCUT2D eigenvalue weighted by atomic mass is 32.2. The van der Waals surface area contributed by atoms with Gasteiger partial charge in [0.25, 0.3) is 0 Å². The van der Waals surface area contributed by atoms with Crippen molar-refractivity contribution in [2.75, 3.05) is 12.3 Å². The van der Waals surface area contributed by atoms with Crippen molar-refractivity contribution in [1.29, 1.82) is 0 Å². The number of H-pyrrole nitrogens is 1. The second kappa shape index (κ2) is 6.85. The number of hydrogen-bond acceptors (Lipinski definition) is 4. The summed E-state index contributed by atoms with van der Waals surface area (Å²) in [6.45, 7) is 7.76. The standard InChI is InChI=1S/C10H20N4S/c1-4-5-11-9(8(2)3)6-15-10-12-7-13-14-10/h7-9,11H,4-6H2,1-3H3,(H,12,13,14). The van der Waals surface area contributed by atoms with Crippen molar-refractivity contribution in [3.05, 3.63) is 6.33 Å². The van der Waals surface area contributed by atoms with Gasteiger partial charge in [0.2, 0.25) is 0 Å². The molecule has 0 radical (unpaired) electrons. The van der Waals surface area contributed by atoms with Crippen LogP contribution in [0.3, 0.4) is 0 Å². The SMILES string of the molecule is CCCNC(CSc1ncn[nH]1)C(C)C. The highest BCUT2D eigenvalue weighted by molar-refractivity contribution is 7.99. The quantitative estimate of drug-likeness (QED) is 0.700. The molecule has 1 atom stereocenters. The second-order valence-electron chi connectivity index (χ2n) is 3.91. The lowest BCUT2D eigenvalue weighted by molar-refractivity contribution is 0.433. The zero-order valence-electron chi connectivity index (χ0n) is 9.66. The number of thioether (sulfide) groups is 1. The normalized spacial score (nSPS) is 13.3. The van der Waals surface area contributed by atoms with Gasteiger partial charge in [0.15, 0.2) is 5.16 Å². The minimum Gasteiger partial charge on any atom is -0.313 e. The Morgan fingerprint density at radius 2 is 2.33 bits per heavy atom. The maximum Gasteiger partial charge on any atom is 0.183 e. The Labute approximate surface area is 95.6 Å². The number of rotatable bonds is 7. The highest BCUT2D eigenvalue weighted by Crippen LogP contribution is 2.15. The van der Waals surface area contributed by atoms with Crippen molar-refractivity contribution < 1.29 is 0 Å². The van der Waals surface area contributed by atoms with Gasteiger partial charge in [-0.15, -0.1) is 0 Å². The molecule has 2 N–H and O–H groups in total. The van der Waals surface area contributed by atoms with E-state index in [4.69, 9.17) is 0 Å². The largest absolute Gasteiger partial charge is 0.313 e. The summed E-state index contributed by atoms with van der Waals surface area (Å²) < 4.78 is 0. The van der Waals surface area contributed by atoms with Crippen molar-refractivity contribution in [2.45, 2.75) is 38.4 Å². The molecule has 15 heavy (non-hydrogen) atoms. The molecule has 0 bridgehead atoms. The van der Waals surface area contributed by atoms with Crippen LogP contribution in [0.15, 0.2) is 11.5 Å². The Morgan fingerprint density at radius 3 is 2.87 bits per heavy atom. The van der Waals surface area contributed by atoms with Crippen LogP contribution in [0.1, 0.15) is 27.2 Å². The first-order chi connectivity index (χ1) is 7.24. The predicted octanol–water partition coefficient (Wildman–Crippen LogP) is 1.92. The number of nitrogens with one attached hydrogen (secondary N) is 2. The van der Waals surface area contributed by atoms with E-state index in [-0.39, 0.29) is 0 Å². The van der Waals surface area contributed by atoms with E-state index in [1.54, 1.807) is 18.1 Å². The van der Waals surface area contributed by atoms with Crippen LogP contribution in [0, 0.1) is 5.92 Å². The van der Waals surface area contributed by atoms with Crippen LogP contribution < -0.4 is 5.32 Å². The van der Waals surface area contributed by atoms with Gasteiger partial charge >= 0.3 is 0 Å². The molecule has 0 aliphatic rings.